The number of primary amides is 1. The first-order valence-corrected chi connectivity index (χ1v) is 7.31. The zero-order valence-electron chi connectivity index (χ0n) is 12.0. The molecule has 1 aromatic heterocycles. The molecule has 5 heteroatoms. The van der Waals surface area contributed by atoms with Crippen molar-refractivity contribution in [2.24, 2.45) is 11.7 Å². The van der Waals surface area contributed by atoms with E-state index in [0.717, 1.165) is 48.2 Å². The molecule has 3 rings (SSSR count). The molecule has 1 aromatic carbocycles. The van der Waals surface area contributed by atoms with E-state index in [1.165, 1.54) is 0 Å². The predicted octanol–water partition coefficient (Wildman–Crippen LogP) is 1.91. The highest BCUT2D eigenvalue weighted by Gasteiger charge is 2.22. The van der Waals surface area contributed by atoms with Crippen molar-refractivity contribution in [2.75, 3.05) is 23.7 Å². The maximum Gasteiger partial charge on any atom is 0.217 e. The first kappa shape index (κ1) is 13.7. The van der Waals surface area contributed by atoms with Crippen LogP contribution in [-0.2, 0) is 4.79 Å². The summed E-state index contributed by atoms with van der Waals surface area (Å²) in [5.41, 5.74) is 14.4. The Labute approximate surface area is 123 Å². The number of fused-ring (bicyclic) bond motifs is 1. The fourth-order valence-corrected chi connectivity index (χ4v) is 3.10. The Morgan fingerprint density at radius 2 is 2.05 bits per heavy atom. The van der Waals surface area contributed by atoms with E-state index in [-0.39, 0.29) is 5.91 Å². The molecule has 110 valence electrons. The molecule has 2 heterocycles. The molecule has 1 amide bonds. The van der Waals surface area contributed by atoms with Gasteiger partial charge in [0, 0.05) is 31.1 Å². The third kappa shape index (κ3) is 2.77. The van der Waals surface area contributed by atoms with Gasteiger partial charge in [-0.3, -0.25) is 9.78 Å². The molecular formula is C16H20N4O. The van der Waals surface area contributed by atoms with E-state index in [0.29, 0.717) is 12.3 Å². The molecule has 0 radical (unpaired) electrons. The zero-order valence-corrected chi connectivity index (χ0v) is 12.0. The Bertz CT molecular complexity index is 662. The third-order valence-electron chi connectivity index (χ3n) is 4.25. The van der Waals surface area contributed by atoms with Gasteiger partial charge in [-0.2, -0.15) is 0 Å². The average molecular weight is 284 g/mol. The summed E-state index contributed by atoms with van der Waals surface area (Å²) in [5, 5.41) is 0.995. The molecule has 1 aliphatic rings. The Morgan fingerprint density at radius 3 is 2.76 bits per heavy atom. The number of hydrogen-bond acceptors (Lipinski definition) is 4. The van der Waals surface area contributed by atoms with E-state index in [2.05, 4.69) is 9.88 Å². The van der Waals surface area contributed by atoms with Crippen LogP contribution in [-0.4, -0.2) is 24.0 Å². The van der Waals surface area contributed by atoms with E-state index in [4.69, 9.17) is 11.5 Å². The SMILES string of the molecule is NC(=O)CC1CCN(c2ccc3ncccc3c2N)CC1. The summed E-state index contributed by atoms with van der Waals surface area (Å²) in [5.74, 6) is 0.201. The van der Waals surface area contributed by atoms with Crippen molar-refractivity contribution in [1.82, 2.24) is 4.98 Å². The first-order valence-electron chi connectivity index (χ1n) is 7.31. The van der Waals surface area contributed by atoms with Crippen molar-refractivity contribution in [3.8, 4) is 0 Å². The van der Waals surface area contributed by atoms with Gasteiger partial charge < -0.3 is 16.4 Å². The van der Waals surface area contributed by atoms with Crippen LogP contribution in [0.1, 0.15) is 19.3 Å². The second kappa shape index (κ2) is 5.60. The molecule has 1 saturated heterocycles. The van der Waals surface area contributed by atoms with Gasteiger partial charge >= 0.3 is 0 Å². The van der Waals surface area contributed by atoms with E-state index < -0.39 is 0 Å². The molecule has 5 nitrogen and oxygen atoms in total. The minimum atomic E-state index is -0.204. The van der Waals surface area contributed by atoms with Crippen molar-refractivity contribution in [3.63, 3.8) is 0 Å². The minimum absolute atomic E-state index is 0.204. The number of carbonyl (C=O) groups is 1. The van der Waals surface area contributed by atoms with Gasteiger partial charge in [0.05, 0.1) is 16.9 Å². The average Bonchev–Trinajstić information content (AvgIpc) is 2.48. The number of anilines is 2. The number of pyridine rings is 1. The second-order valence-electron chi connectivity index (χ2n) is 5.67. The number of nitrogens with two attached hydrogens (primary N) is 2. The van der Waals surface area contributed by atoms with Gasteiger partial charge in [-0.15, -0.1) is 0 Å². The van der Waals surface area contributed by atoms with Crippen molar-refractivity contribution >= 4 is 28.2 Å². The number of aromatic nitrogens is 1. The minimum Gasteiger partial charge on any atom is -0.396 e. The molecule has 0 bridgehead atoms. The summed E-state index contributed by atoms with van der Waals surface area (Å²) in [7, 11) is 0. The van der Waals surface area contributed by atoms with E-state index in [9.17, 15) is 4.79 Å². The van der Waals surface area contributed by atoms with Gasteiger partial charge in [-0.1, -0.05) is 0 Å². The largest absolute Gasteiger partial charge is 0.396 e. The maximum atomic E-state index is 11.0. The van der Waals surface area contributed by atoms with Crippen LogP contribution in [0.15, 0.2) is 30.5 Å². The lowest BCUT2D eigenvalue weighted by Gasteiger charge is -2.34. The van der Waals surface area contributed by atoms with Gasteiger partial charge in [-0.25, -0.2) is 0 Å². The highest BCUT2D eigenvalue weighted by atomic mass is 16.1. The molecule has 0 atom stereocenters. The highest BCUT2D eigenvalue weighted by molar-refractivity contribution is 5.97. The van der Waals surface area contributed by atoms with Crippen molar-refractivity contribution in [1.29, 1.82) is 0 Å². The monoisotopic (exact) mass is 284 g/mol. The molecule has 4 N–H and O–H groups in total. The molecule has 0 saturated carbocycles. The van der Waals surface area contributed by atoms with Gasteiger partial charge in [0.2, 0.25) is 5.91 Å². The van der Waals surface area contributed by atoms with Crippen LogP contribution in [0.4, 0.5) is 11.4 Å². The fourth-order valence-electron chi connectivity index (χ4n) is 3.10. The molecular weight excluding hydrogens is 264 g/mol. The summed E-state index contributed by atoms with van der Waals surface area (Å²) in [4.78, 5) is 17.6. The molecule has 1 fully saturated rings. The Balaban J connectivity index is 1.79. The van der Waals surface area contributed by atoms with Crippen LogP contribution in [0.25, 0.3) is 10.9 Å². The summed E-state index contributed by atoms with van der Waals surface area (Å²) < 4.78 is 0. The number of rotatable bonds is 3. The van der Waals surface area contributed by atoms with Crippen molar-refractivity contribution in [3.05, 3.63) is 30.5 Å². The van der Waals surface area contributed by atoms with Crippen molar-refractivity contribution in [2.45, 2.75) is 19.3 Å². The van der Waals surface area contributed by atoms with Gasteiger partial charge in [0.15, 0.2) is 0 Å². The Morgan fingerprint density at radius 1 is 1.29 bits per heavy atom. The van der Waals surface area contributed by atoms with Crippen LogP contribution in [0, 0.1) is 5.92 Å². The number of carbonyl (C=O) groups excluding carboxylic acids is 1. The lowest BCUT2D eigenvalue weighted by molar-refractivity contribution is -0.119. The molecule has 0 spiro atoms. The third-order valence-corrected chi connectivity index (χ3v) is 4.25. The molecule has 0 aliphatic carbocycles. The maximum absolute atomic E-state index is 11.0. The summed E-state index contributed by atoms with van der Waals surface area (Å²) in [6.07, 6.45) is 4.22. The van der Waals surface area contributed by atoms with Crippen LogP contribution < -0.4 is 16.4 Å². The van der Waals surface area contributed by atoms with Crippen LogP contribution in [0.5, 0.6) is 0 Å². The summed E-state index contributed by atoms with van der Waals surface area (Å²) >= 11 is 0. The second-order valence-corrected chi connectivity index (χ2v) is 5.67. The highest BCUT2D eigenvalue weighted by Crippen LogP contribution is 2.33. The topological polar surface area (TPSA) is 85.2 Å². The van der Waals surface area contributed by atoms with Crippen LogP contribution in [0.2, 0.25) is 0 Å². The lowest BCUT2D eigenvalue weighted by atomic mass is 9.93. The number of benzene rings is 1. The number of piperidine rings is 1. The number of hydrogen-bond donors (Lipinski definition) is 2. The van der Waals surface area contributed by atoms with Crippen LogP contribution in [0.3, 0.4) is 0 Å². The standard InChI is InChI=1S/C16H20N4O/c17-15(21)10-11-5-8-20(9-6-11)14-4-3-13-12(16(14)18)2-1-7-19-13/h1-4,7,11H,5-6,8-10,18H2,(H2,17,21). The summed E-state index contributed by atoms with van der Waals surface area (Å²) in [6, 6.07) is 7.96. The Hall–Kier alpha value is -2.30. The van der Waals surface area contributed by atoms with E-state index >= 15 is 0 Å². The molecule has 1 aliphatic heterocycles. The number of nitrogen functional groups attached to an aromatic ring is 1. The quantitative estimate of drug-likeness (QED) is 0.843. The fraction of sp³-hybridized carbons (Fsp3) is 0.375. The van der Waals surface area contributed by atoms with E-state index in [1.807, 2.05) is 24.3 Å². The first-order chi connectivity index (χ1) is 10.1. The smallest absolute Gasteiger partial charge is 0.217 e. The molecule has 21 heavy (non-hydrogen) atoms. The molecule has 0 unspecified atom stereocenters. The summed E-state index contributed by atoms with van der Waals surface area (Å²) in [6.45, 7) is 1.82. The number of nitrogens with zero attached hydrogens (tertiary/aromatic N) is 2. The van der Waals surface area contributed by atoms with Gasteiger partial charge in [-0.05, 0) is 43.0 Å². The van der Waals surface area contributed by atoms with E-state index in [1.54, 1.807) is 6.20 Å². The zero-order chi connectivity index (χ0) is 14.8. The predicted molar refractivity (Wildman–Crippen MR) is 84.9 cm³/mol. The number of amides is 1. The molecule has 2 aromatic rings. The van der Waals surface area contributed by atoms with Gasteiger partial charge in [0.1, 0.15) is 0 Å². The normalized spacial score (nSPS) is 16.3. The van der Waals surface area contributed by atoms with Gasteiger partial charge in [0.25, 0.3) is 0 Å². The lowest BCUT2D eigenvalue weighted by Crippen LogP contribution is -2.35. The Kier molecular flexibility index (Phi) is 3.64. The van der Waals surface area contributed by atoms with Crippen LogP contribution >= 0.6 is 0 Å². The van der Waals surface area contributed by atoms with Crippen molar-refractivity contribution < 1.29 is 4.79 Å².